The molecule has 0 radical (unpaired) electrons. The molecule has 0 aliphatic heterocycles. The van der Waals surface area contributed by atoms with Gasteiger partial charge in [0.2, 0.25) is 0 Å². The molecule has 19 heavy (non-hydrogen) atoms. The Bertz CT molecular complexity index is 690. The summed E-state index contributed by atoms with van der Waals surface area (Å²) in [4.78, 5) is 0.204. The number of nitrogens with zero attached hydrogens (tertiary/aromatic N) is 2. The number of hydrogen-bond donors (Lipinski definition) is 0. The molecular weight excluding hydrogens is 264 g/mol. The Hall–Kier alpha value is -1.82. The zero-order chi connectivity index (χ0) is 14.0. The van der Waals surface area contributed by atoms with Crippen LogP contribution in [-0.4, -0.2) is 31.6 Å². The molecule has 0 saturated carbocycles. The molecule has 0 aliphatic rings. The highest BCUT2D eigenvalue weighted by atomic mass is 32.2. The summed E-state index contributed by atoms with van der Waals surface area (Å²) in [6, 6.07) is 5.07. The monoisotopic (exact) mass is 280 g/mol. The standard InChI is InChI=1S/C13H16N2O3S/c1-10-7-14-15(8-10)9-11-4-5-13(19(3,16)17)12(6-11)18-2/h4-8H,9H2,1-3H3. The van der Waals surface area contributed by atoms with Gasteiger partial charge >= 0.3 is 0 Å². The van der Waals surface area contributed by atoms with Crippen LogP contribution in [0.1, 0.15) is 11.1 Å². The fraction of sp³-hybridized carbons (Fsp3) is 0.308. The predicted octanol–water partition coefficient (Wildman–Crippen LogP) is 1.65. The Labute approximate surface area is 112 Å². The molecule has 0 bridgehead atoms. The van der Waals surface area contributed by atoms with Crippen molar-refractivity contribution >= 4 is 9.84 Å². The largest absolute Gasteiger partial charge is 0.495 e. The summed E-state index contributed by atoms with van der Waals surface area (Å²) in [5.74, 6) is 0.365. The van der Waals surface area contributed by atoms with Crippen molar-refractivity contribution in [2.45, 2.75) is 18.4 Å². The molecule has 1 aromatic carbocycles. The van der Waals surface area contributed by atoms with Crippen LogP contribution < -0.4 is 4.74 Å². The molecule has 0 fully saturated rings. The minimum Gasteiger partial charge on any atom is -0.495 e. The summed E-state index contributed by atoms with van der Waals surface area (Å²) in [6.45, 7) is 2.55. The van der Waals surface area contributed by atoms with E-state index in [2.05, 4.69) is 5.10 Å². The van der Waals surface area contributed by atoms with E-state index < -0.39 is 9.84 Å². The Morgan fingerprint density at radius 3 is 2.63 bits per heavy atom. The molecule has 102 valence electrons. The average Bonchev–Trinajstić information content (AvgIpc) is 2.73. The van der Waals surface area contributed by atoms with Crippen LogP contribution in [0.2, 0.25) is 0 Å². The molecule has 0 atom stereocenters. The molecule has 0 amide bonds. The van der Waals surface area contributed by atoms with Gasteiger partial charge in [0.15, 0.2) is 9.84 Å². The lowest BCUT2D eigenvalue weighted by Crippen LogP contribution is -2.04. The third kappa shape index (κ3) is 3.14. The van der Waals surface area contributed by atoms with Gasteiger partial charge in [0.05, 0.1) is 19.9 Å². The van der Waals surface area contributed by atoms with Crippen molar-refractivity contribution in [1.29, 1.82) is 0 Å². The second-order valence-corrected chi connectivity index (χ2v) is 6.46. The molecule has 0 saturated heterocycles. The lowest BCUT2D eigenvalue weighted by Gasteiger charge is -2.09. The smallest absolute Gasteiger partial charge is 0.179 e. The maximum Gasteiger partial charge on any atom is 0.179 e. The van der Waals surface area contributed by atoms with Crippen LogP contribution in [0.15, 0.2) is 35.5 Å². The molecule has 5 nitrogen and oxygen atoms in total. The number of methoxy groups -OCH3 is 1. The zero-order valence-corrected chi connectivity index (χ0v) is 11.9. The van der Waals surface area contributed by atoms with E-state index in [0.717, 1.165) is 11.1 Å². The lowest BCUT2D eigenvalue weighted by molar-refractivity contribution is 0.402. The first-order valence-electron chi connectivity index (χ1n) is 5.76. The second-order valence-electron chi connectivity index (χ2n) is 4.47. The van der Waals surface area contributed by atoms with E-state index in [-0.39, 0.29) is 4.90 Å². The number of benzene rings is 1. The topological polar surface area (TPSA) is 61.2 Å². The number of aromatic nitrogens is 2. The van der Waals surface area contributed by atoms with Gasteiger partial charge in [-0.05, 0) is 30.2 Å². The molecule has 0 aliphatic carbocycles. The minimum absolute atomic E-state index is 0.204. The fourth-order valence-corrected chi connectivity index (χ4v) is 2.68. The van der Waals surface area contributed by atoms with Crippen molar-refractivity contribution in [3.63, 3.8) is 0 Å². The molecule has 2 rings (SSSR count). The van der Waals surface area contributed by atoms with Crippen LogP contribution in [-0.2, 0) is 16.4 Å². The maximum atomic E-state index is 11.6. The summed E-state index contributed by atoms with van der Waals surface area (Å²) < 4.78 is 30.1. The van der Waals surface area contributed by atoms with E-state index in [1.165, 1.54) is 13.4 Å². The Kier molecular flexibility index (Phi) is 3.61. The minimum atomic E-state index is -3.28. The van der Waals surface area contributed by atoms with Crippen molar-refractivity contribution in [2.24, 2.45) is 0 Å². The number of rotatable bonds is 4. The van der Waals surface area contributed by atoms with Gasteiger partial charge in [0.1, 0.15) is 10.6 Å². The molecule has 0 N–H and O–H groups in total. The van der Waals surface area contributed by atoms with Crippen LogP contribution in [0.25, 0.3) is 0 Å². The van der Waals surface area contributed by atoms with Crippen molar-refractivity contribution in [3.05, 3.63) is 41.7 Å². The number of aryl methyl sites for hydroxylation is 1. The van der Waals surface area contributed by atoms with Crippen LogP contribution in [0.4, 0.5) is 0 Å². The number of hydrogen-bond acceptors (Lipinski definition) is 4. The van der Waals surface area contributed by atoms with Gasteiger partial charge in [0, 0.05) is 12.5 Å². The van der Waals surface area contributed by atoms with Crippen molar-refractivity contribution < 1.29 is 13.2 Å². The summed E-state index contributed by atoms with van der Waals surface area (Å²) in [5.41, 5.74) is 2.02. The third-order valence-electron chi connectivity index (χ3n) is 2.73. The normalized spacial score (nSPS) is 11.5. The van der Waals surface area contributed by atoms with Gasteiger partial charge in [-0.2, -0.15) is 5.10 Å². The second kappa shape index (κ2) is 5.05. The van der Waals surface area contributed by atoms with E-state index >= 15 is 0 Å². The Morgan fingerprint density at radius 2 is 2.11 bits per heavy atom. The highest BCUT2D eigenvalue weighted by Gasteiger charge is 2.14. The first kappa shape index (κ1) is 13.6. The molecule has 0 spiro atoms. The van der Waals surface area contributed by atoms with Gasteiger partial charge in [-0.15, -0.1) is 0 Å². The lowest BCUT2D eigenvalue weighted by atomic mass is 10.2. The summed E-state index contributed by atoms with van der Waals surface area (Å²) in [6.07, 6.45) is 4.88. The average molecular weight is 280 g/mol. The van der Waals surface area contributed by atoms with E-state index in [4.69, 9.17) is 4.74 Å². The maximum absolute atomic E-state index is 11.6. The number of ether oxygens (including phenoxy) is 1. The fourth-order valence-electron chi connectivity index (χ4n) is 1.86. The molecular formula is C13H16N2O3S. The molecule has 0 unspecified atom stereocenters. The highest BCUT2D eigenvalue weighted by molar-refractivity contribution is 7.90. The Morgan fingerprint density at radius 1 is 1.37 bits per heavy atom. The van der Waals surface area contributed by atoms with E-state index in [9.17, 15) is 8.42 Å². The first-order chi connectivity index (χ1) is 8.90. The number of sulfone groups is 1. The van der Waals surface area contributed by atoms with Gasteiger partial charge in [0.25, 0.3) is 0 Å². The third-order valence-corrected chi connectivity index (χ3v) is 3.87. The van der Waals surface area contributed by atoms with Gasteiger partial charge in [-0.3, -0.25) is 4.68 Å². The quantitative estimate of drug-likeness (QED) is 0.854. The van der Waals surface area contributed by atoms with Gasteiger partial charge in [-0.25, -0.2) is 8.42 Å². The van der Waals surface area contributed by atoms with Gasteiger partial charge in [-0.1, -0.05) is 6.07 Å². The molecule has 1 aromatic heterocycles. The van der Waals surface area contributed by atoms with Crippen LogP contribution in [0.5, 0.6) is 5.75 Å². The zero-order valence-electron chi connectivity index (χ0n) is 11.1. The van der Waals surface area contributed by atoms with Gasteiger partial charge < -0.3 is 4.74 Å². The first-order valence-corrected chi connectivity index (χ1v) is 7.65. The molecule has 2 aromatic rings. The summed E-state index contributed by atoms with van der Waals surface area (Å²) in [5, 5.41) is 4.20. The van der Waals surface area contributed by atoms with Crippen LogP contribution in [0, 0.1) is 6.92 Å². The van der Waals surface area contributed by atoms with Crippen LogP contribution in [0.3, 0.4) is 0 Å². The van der Waals surface area contributed by atoms with E-state index in [1.54, 1.807) is 29.1 Å². The van der Waals surface area contributed by atoms with E-state index in [0.29, 0.717) is 12.3 Å². The summed E-state index contributed by atoms with van der Waals surface area (Å²) in [7, 11) is -1.81. The van der Waals surface area contributed by atoms with Crippen molar-refractivity contribution in [2.75, 3.05) is 13.4 Å². The summed E-state index contributed by atoms with van der Waals surface area (Å²) >= 11 is 0. The van der Waals surface area contributed by atoms with Crippen LogP contribution >= 0.6 is 0 Å². The SMILES string of the molecule is COc1cc(Cn2cc(C)cn2)ccc1S(C)(=O)=O. The van der Waals surface area contributed by atoms with Crippen molar-refractivity contribution in [3.8, 4) is 5.75 Å². The molecule has 1 heterocycles. The van der Waals surface area contributed by atoms with E-state index in [1.807, 2.05) is 13.1 Å². The van der Waals surface area contributed by atoms with Crippen molar-refractivity contribution in [1.82, 2.24) is 9.78 Å². The Balaban J connectivity index is 2.34. The molecule has 6 heteroatoms. The predicted molar refractivity (Wildman–Crippen MR) is 72.2 cm³/mol. The highest BCUT2D eigenvalue weighted by Crippen LogP contribution is 2.25.